The maximum absolute atomic E-state index is 10.2. The van der Waals surface area contributed by atoms with Crippen molar-refractivity contribution in [3.8, 4) is 5.75 Å². The Kier molecular flexibility index (Phi) is 8.05. The average Bonchev–Trinajstić information content (AvgIpc) is 3.06. The van der Waals surface area contributed by atoms with E-state index in [9.17, 15) is 5.11 Å². The van der Waals surface area contributed by atoms with Gasteiger partial charge in [0.25, 0.3) is 0 Å². The lowest BCUT2D eigenvalue weighted by molar-refractivity contribution is 0.0342. The Balaban J connectivity index is 1.36. The number of nitrogens with zero attached hydrogens (tertiary/aromatic N) is 2. The Hall–Kier alpha value is 0.320. The number of hydrogen-bond donors (Lipinski definition) is 2. The molecular weight excluding hydrogens is 544 g/mol. The highest BCUT2D eigenvalue weighted by molar-refractivity contribution is 14.1. The first kappa shape index (κ1) is 20.1. The molecule has 5 nitrogen and oxygen atoms in total. The summed E-state index contributed by atoms with van der Waals surface area (Å²) in [5.41, 5.74) is 0.999. The van der Waals surface area contributed by atoms with E-state index < -0.39 is 0 Å². The van der Waals surface area contributed by atoms with Crippen LogP contribution < -0.4 is 5.32 Å². The van der Waals surface area contributed by atoms with Crippen LogP contribution >= 0.6 is 45.2 Å². The molecule has 2 saturated heterocycles. The summed E-state index contributed by atoms with van der Waals surface area (Å²) in [7, 11) is 0. The first-order valence-corrected chi connectivity index (χ1v) is 11.2. The molecular formula is C18H27I2N3O2. The highest BCUT2D eigenvalue weighted by Gasteiger charge is 2.22. The van der Waals surface area contributed by atoms with Gasteiger partial charge in [-0.3, -0.25) is 4.90 Å². The Morgan fingerprint density at radius 3 is 2.68 bits per heavy atom. The van der Waals surface area contributed by atoms with Crippen LogP contribution in [0, 0.1) is 13.1 Å². The second-order valence-corrected chi connectivity index (χ2v) is 9.34. The molecule has 1 aromatic rings. The minimum Gasteiger partial charge on any atom is -0.507 e. The highest BCUT2D eigenvalue weighted by Crippen LogP contribution is 2.27. The lowest BCUT2D eigenvalue weighted by atomic mass is 10.1. The third-order valence-electron chi connectivity index (χ3n) is 5.06. The molecule has 0 aliphatic carbocycles. The average molecular weight is 571 g/mol. The van der Waals surface area contributed by atoms with E-state index in [1.165, 1.54) is 29.6 Å². The van der Waals surface area contributed by atoms with Gasteiger partial charge < -0.3 is 20.1 Å². The molecule has 140 valence electrons. The molecule has 3 rings (SSSR count). The molecule has 25 heavy (non-hydrogen) atoms. The summed E-state index contributed by atoms with van der Waals surface area (Å²) in [6.07, 6.45) is 1.27. The van der Waals surface area contributed by atoms with Crippen molar-refractivity contribution in [1.82, 2.24) is 15.1 Å². The van der Waals surface area contributed by atoms with Crippen LogP contribution in [0.1, 0.15) is 12.0 Å². The van der Waals surface area contributed by atoms with Gasteiger partial charge in [0.2, 0.25) is 0 Å². The summed E-state index contributed by atoms with van der Waals surface area (Å²) < 4.78 is 7.51. The number of likely N-dealkylation sites (tertiary alicyclic amines) is 1. The zero-order valence-corrected chi connectivity index (χ0v) is 18.8. The standard InChI is InChI=1S/C18H27I2N3O2/c19-16-9-15(18(24)17(20)10-16)12-21-11-14-1-2-23(13-14)4-3-22-5-7-25-8-6-22/h9-10,14,21,24H,1-8,11-13H2. The molecule has 2 N–H and O–H groups in total. The molecule has 0 spiro atoms. The van der Waals surface area contributed by atoms with Crippen LogP contribution in [0.2, 0.25) is 0 Å². The lowest BCUT2D eigenvalue weighted by Crippen LogP contribution is -2.41. The van der Waals surface area contributed by atoms with E-state index in [0.717, 1.165) is 55.1 Å². The fourth-order valence-electron chi connectivity index (χ4n) is 3.56. The van der Waals surface area contributed by atoms with Gasteiger partial charge in [0.1, 0.15) is 5.75 Å². The maximum Gasteiger partial charge on any atom is 0.133 e. The summed E-state index contributed by atoms with van der Waals surface area (Å²) in [4.78, 5) is 5.10. The van der Waals surface area contributed by atoms with Crippen molar-refractivity contribution in [2.24, 2.45) is 5.92 Å². The van der Waals surface area contributed by atoms with E-state index in [4.69, 9.17) is 4.74 Å². The largest absolute Gasteiger partial charge is 0.507 e. The number of rotatable bonds is 7. The van der Waals surface area contributed by atoms with E-state index in [1.807, 2.05) is 6.07 Å². The molecule has 2 fully saturated rings. The number of phenolic OH excluding ortho intramolecular Hbond substituents is 1. The Morgan fingerprint density at radius 2 is 1.88 bits per heavy atom. The fourth-order valence-corrected chi connectivity index (χ4v) is 5.52. The van der Waals surface area contributed by atoms with E-state index in [2.05, 4.69) is 66.4 Å². The Morgan fingerprint density at radius 1 is 1.12 bits per heavy atom. The molecule has 1 unspecified atom stereocenters. The maximum atomic E-state index is 10.2. The second kappa shape index (κ2) is 10.0. The van der Waals surface area contributed by atoms with Gasteiger partial charge in [0.05, 0.1) is 16.8 Å². The first-order valence-electron chi connectivity index (χ1n) is 9.02. The zero-order valence-electron chi connectivity index (χ0n) is 14.5. The van der Waals surface area contributed by atoms with Gasteiger partial charge in [0.15, 0.2) is 0 Å². The van der Waals surface area contributed by atoms with E-state index >= 15 is 0 Å². The third-order valence-corrected chi connectivity index (χ3v) is 6.51. The molecule has 0 amide bonds. The molecule has 7 heteroatoms. The van der Waals surface area contributed by atoms with Crippen LogP contribution in [-0.2, 0) is 11.3 Å². The number of aromatic hydroxyl groups is 1. The molecule has 1 atom stereocenters. The molecule has 0 aromatic heterocycles. The van der Waals surface area contributed by atoms with Crippen molar-refractivity contribution >= 4 is 45.2 Å². The van der Waals surface area contributed by atoms with Crippen molar-refractivity contribution in [2.75, 3.05) is 59.0 Å². The molecule has 1 aromatic carbocycles. The lowest BCUT2D eigenvalue weighted by Gasteiger charge is -2.28. The fraction of sp³-hybridized carbons (Fsp3) is 0.667. The minimum absolute atomic E-state index is 0.423. The predicted octanol–water partition coefficient (Wildman–Crippen LogP) is 2.35. The summed E-state index contributed by atoms with van der Waals surface area (Å²) in [5, 5.41) is 13.7. The molecule has 2 heterocycles. The quantitative estimate of drug-likeness (QED) is 0.493. The summed E-state index contributed by atoms with van der Waals surface area (Å²) in [5.74, 6) is 1.14. The van der Waals surface area contributed by atoms with Crippen LogP contribution in [-0.4, -0.2) is 73.9 Å². The van der Waals surface area contributed by atoms with Crippen LogP contribution in [0.4, 0.5) is 0 Å². The van der Waals surface area contributed by atoms with E-state index in [0.29, 0.717) is 11.7 Å². The van der Waals surface area contributed by atoms with Crippen molar-refractivity contribution in [1.29, 1.82) is 0 Å². The van der Waals surface area contributed by atoms with Gasteiger partial charge >= 0.3 is 0 Å². The summed E-state index contributed by atoms with van der Waals surface area (Å²) in [6, 6.07) is 4.07. The normalized spacial score (nSPS) is 22.6. The zero-order chi connectivity index (χ0) is 17.6. The van der Waals surface area contributed by atoms with Crippen molar-refractivity contribution in [3.63, 3.8) is 0 Å². The minimum atomic E-state index is 0.423. The third kappa shape index (κ3) is 6.17. The predicted molar refractivity (Wildman–Crippen MR) is 117 cm³/mol. The van der Waals surface area contributed by atoms with E-state index in [-0.39, 0.29) is 0 Å². The van der Waals surface area contributed by atoms with Crippen LogP contribution in [0.15, 0.2) is 12.1 Å². The number of hydrogen-bond acceptors (Lipinski definition) is 5. The van der Waals surface area contributed by atoms with Crippen LogP contribution in [0.5, 0.6) is 5.75 Å². The first-order chi connectivity index (χ1) is 12.1. The summed E-state index contributed by atoms with van der Waals surface area (Å²) in [6.45, 7) is 10.4. The Bertz CT molecular complexity index is 567. The van der Waals surface area contributed by atoms with Gasteiger partial charge in [-0.2, -0.15) is 0 Å². The van der Waals surface area contributed by atoms with Crippen LogP contribution in [0.3, 0.4) is 0 Å². The number of ether oxygens (including phenoxy) is 1. The van der Waals surface area contributed by atoms with Crippen LogP contribution in [0.25, 0.3) is 0 Å². The number of morpholine rings is 1. The monoisotopic (exact) mass is 571 g/mol. The van der Waals surface area contributed by atoms with Crippen molar-refractivity contribution in [2.45, 2.75) is 13.0 Å². The topological polar surface area (TPSA) is 48.0 Å². The van der Waals surface area contributed by atoms with E-state index in [1.54, 1.807) is 0 Å². The molecule has 2 aliphatic heterocycles. The van der Waals surface area contributed by atoms with Gasteiger partial charge in [-0.25, -0.2) is 0 Å². The molecule has 0 saturated carbocycles. The SMILES string of the molecule is Oc1c(I)cc(I)cc1CNCC1CCN(CCN2CCOCC2)C1. The number of nitrogens with one attached hydrogen (secondary N) is 1. The number of phenols is 1. The number of halogens is 2. The van der Waals surface area contributed by atoms with Gasteiger partial charge in [-0.1, -0.05) is 0 Å². The second-order valence-electron chi connectivity index (χ2n) is 6.94. The van der Waals surface area contributed by atoms with Gasteiger partial charge in [0, 0.05) is 48.4 Å². The number of benzene rings is 1. The van der Waals surface area contributed by atoms with Crippen molar-refractivity contribution in [3.05, 3.63) is 24.8 Å². The molecule has 2 aliphatic rings. The molecule has 0 bridgehead atoms. The molecule has 0 radical (unpaired) electrons. The summed E-state index contributed by atoms with van der Waals surface area (Å²) >= 11 is 4.50. The van der Waals surface area contributed by atoms with Crippen molar-refractivity contribution < 1.29 is 9.84 Å². The van der Waals surface area contributed by atoms with Gasteiger partial charge in [-0.15, -0.1) is 0 Å². The highest BCUT2D eigenvalue weighted by atomic mass is 127. The van der Waals surface area contributed by atoms with Gasteiger partial charge in [-0.05, 0) is 82.7 Å². The Labute approximate surface area is 177 Å². The smallest absolute Gasteiger partial charge is 0.133 e.